The molecular weight excluding hydrogens is 186 g/mol. The van der Waals surface area contributed by atoms with Crippen molar-refractivity contribution < 1.29 is 9.53 Å². The van der Waals surface area contributed by atoms with E-state index < -0.39 is 6.23 Å². The Morgan fingerprint density at radius 3 is 2.79 bits per heavy atom. The normalized spacial score (nSPS) is 32.3. The molecule has 1 aliphatic rings. The van der Waals surface area contributed by atoms with Crippen molar-refractivity contribution in [3.63, 3.8) is 0 Å². The summed E-state index contributed by atoms with van der Waals surface area (Å²) in [4.78, 5) is 21.1. The summed E-state index contributed by atoms with van der Waals surface area (Å²) in [7, 11) is 0. The number of hydrazine groups is 1. The summed E-state index contributed by atoms with van der Waals surface area (Å²) in [6, 6.07) is -0.229. The minimum atomic E-state index is -0.717. The number of nitrogens with zero attached hydrogens (tertiary/aromatic N) is 1. The van der Waals surface area contributed by atoms with Crippen LogP contribution in [0.2, 0.25) is 0 Å². The zero-order chi connectivity index (χ0) is 10.6. The van der Waals surface area contributed by atoms with Crippen LogP contribution in [0.1, 0.15) is 26.7 Å². The number of nitroso groups, excluding NO2 is 1. The second-order valence-electron chi connectivity index (χ2n) is 3.45. The number of hydrogen-bond acceptors (Lipinski definition) is 5. The first kappa shape index (κ1) is 11.1. The number of nitrogens with one attached hydrogen (secondary N) is 2. The predicted molar refractivity (Wildman–Crippen MR) is 50.1 cm³/mol. The fourth-order valence-corrected chi connectivity index (χ4v) is 1.39. The molecule has 14 heavy (non-hydrogen) atoms. The number of carbonyl (C=O) groups excluding carboxylic acids is 1. The van der Waals surface area contributed by atoms with Gasteiger partial charge in [-0.1, -0.05) is 0 Å². The van der Waals surface area contributed by atoms with Crippen LogP contribution in [-0.2, 0) is 9.53 Å². The van der Waals surface area contributed by atoms with Crippen molar-refractivity contribution in [2.75, 3.05) is 0 Å². The maximum Gasteiger partial charge on any atom is 0.230 e. The lowest BCUT2D eigenvalue weighted by atomic mass is 10.0. The summed E-state index contributed by atoms with van der Waals surface area (Å²) < 4.78 is 5.29. The first-order valence-electron chi connectivity index (χ1n) is 4.63. The van der Waals surface area contributed by atoms with Gasteiger partial charge < -0.3 is 4.74 Å². The van der Waals surface area contributed by atoms with Gasteiger partial charge in [0.05, 0.1) is 12.1 Å². The summed E-state index contributed by atoms with van der Waals surface area (Å²) in [5, 5.41) is 2.87. The molecule has 0 aliphatic carbocycles. The Morgan fingerprint density at radius 2 is 2.21 bits per heavy atom. The lowest BCUT2D eigenvalue weighted by Crippen LogP contribution is -2.52. The number of amides is 1. The van der Waals surface area contributed by atoms with Crippen molar-refractivity contribution in [3.8, 4) is 0 Å². The minimum Gasteiger partial charge on any atom is -0.348 e. The third kappa shape index (κ3) is 3.04. The number of ether oxygens (including phenoxy) is 1. The Balaban J connectivity index is 2.42. The van der Waals surface area contributed by atoms with Crippen LogP contribution in [0, 0.1) is 4.91 Å². The third-order valence-electron chi connectivity index (χ3n) is 2.14. The van der Waals surface area contributed by atoms with Crippen molar-refractivity contribution >= 4 is 5.91 Å². The van der Waals surface area contributed by atoms with Crippen LogP contribution in [0.15, 0.2) is 5.18 Å². The smallest absolute Gasteiger partial charge is 0.230 e. The molecule has 2 N–H and O–H groups in total. The molecule has 3 atom stereocenters. The van der Waals surface area contributed by atoms with E-state index >= 15 is 0 Å². The SMILES string of the molecule is CC(=O)NNC1CCC(C)OC1N=O. The van der Waals surface area contributed by atoms with Crippen molar-refractivity contribution in [2.45, 2.75) is 45.1 Å². The van der Waals surface area contributed by atoms with E-state index in [-0.39, 0.29) is 18.1 Å². The highest BCUT2D eigenvalue weighted by molar-refractivity contribution is 5.72. The molecule has 0 spiro atoms. The maximum atomic E-state index is 10.6. The van der Waals surface area contributed by atoms with Crippen LogP contribution in [-0.4, -0.2) is 24.3 Å². The fraction of sp³-hybridized carbons (Fsp3) is 0.875. The van der Waals surface area contributed by atoms with Gasteiger partial charge in [-0.15, -0.1) is 4.91 Å². The lowest BCUT2D eigenvalue weighted by Gasteiger charge is -2.31. The van der Waals surface area contributed by atoms with Gasteiger partial charge in [-0.05, 0) is 24.9 Å². The van der Waals surface area contributed by atoms with E-state index in [9.17, 15) is 9.70 Å². The largest absolute Gasteiger partial charge is 0.348 e. The quantitative estimate of drug-likeness (QED) is 0.508. The van der Waals surface area contributed by atoms with E-state index in [1.54, 1.807) is 0 Å². The first-order chi connectivity index (χ1) is 6.63. The molecule has 1 fully saturated rings. The highest BCUT2D eigenvalue weighted by Crippen LogP contribution is 2.19. The molecule has 1 amide bonds. The van der Waals surface area contributed by atoms with Gasteiger partial charge in [0.1, 0.15) is 0 Å². The molecule has 3 unspecified atom stereocenters. The minimum absolute atomic E-state index is 0.0491. The van der Waals surface area contributed by atoms with Gasteiger partial charge in [-0.25, -0.2) is 5.43 Å². The third-order valence-corrected chi connectivity index (χ3v) is 2.14. The molecule has 1 saturated heterocycles. The van der Waals surface area contributed by atoms with E-state index in [4.69, 9.17) is 4.74 Å². The molecule has 0 bridgehead atoms. The van der Waals surface area contributed by atoms with Crippen LogP contribution in [0.25, 0.3) is 0 Å². The van der Waals surface area contributed by atoms with Crippen LogP contribution in [0.3, 0.4) is 0 Å². The molecule has 0 saturated carbocycles. The molecule has 6 nitrogen and oxygen atoms in total. The lowest BCUT2D eigenvalue weighted by molar-refractivity contribution is -0.121. The topological polar surface area (TPSA) is 79.8 Å². The van der Waals surface area contributed by atoms with Gasteiger partial charge in [0.2, 0.25) is 12.1 Å². The number of carbonyl (C=O) groups is 1. The summed E-state index contributed by atoms with van der Waals surface area (Å²) in [5.74, 6) is -0.201. The maximum absolute atomic E-state index is 10.6. The summed E-state index contributed by atoms with van der Waals surface area (Å²) in [6.45, 7) is 3.29. The first-order valence-corrected chi connectivity index (χ1v) is 4.63. The predicted octanol–water partition coefficient (Wildman–Crippen LogP) is 0.287. The van der Waals surface area contributed by atoms with E-state index in [0.717, 1.165) is 12.8 Å². The van der Waals surface area contributed by atoms with Gasteiger partial charge in [0, 0.05) is 6.92 Å². The van der Waals surface area contributed by atoms with E-state index in [0.29, 0.717) is 0 Å². The summed E-state index contributed by atoms with van der Waals surface area (Å²) in [6.07, 6.45) is 0.944. The van der Waals surface area contributed by atoms with Crippen molar-refractivity contribution in [2.24, 2.45) is 5.18 Å². The van der Waals surface area contributed by atoms with Gasteiger partial charge in [-0.2, -0.15) is 0 Å². The number of hydrogen-bond donors (Lipinski definition) is 2. The zero-order valence-electron chi connectivity index (χ0n) is 8.32. The Kier molecular flexibility index (Phi) is 3.97. The molecule has 1 aliphatic heterocycles. The Bertz CT molecular complexity index is 222. The molecular formula is C8H15N3O3. The average Bonchev–Trinajstić information content (AvgIpc) is 2.15. The van der Waals surface area contributed by atoms with E-state index in [1.807, 2.05) is 6.92 Å². The molecule has 0 aromatic heterocycles. The van der Waals surface area contributed by atoms with E-state index in [2.05, 4.69) is 16.0 Å². The van der Waals surface area contributed by atoms with Crippen molar-refractivity contribution in [1.82, 2.24) is 10.9 Å². The van der Waals surface area contributed by atoms with Crippen molar-refractivity contribution in [3.05, 3.63) is 4.91 Å². The Hall–Kier alpha value is -1.01. The Labute approximate surface area is 82.3 Å². The summed E-state index contributed by atoms with van der Waals surface area (Å²) >= 11 is 0. The molecule has 6 heteroatoms. The Morgan fingerprint density at radius 1 is 1.50 bits per heavy atom. The second-order valence-corrected chi connectivity index (χ2v) is 3.45. The monoisotopic (exact) mass is 201 g/mol. The molecule has 0 aromatic rings. The standard InChI is InChI=1S/C8H15N3O3/c1-5-3-4-7(8(11-13)14-5)10-9-6(2)12/h5,7-8,10H,3-4H2,1-2H3,(H,9,12). The van der Waals surface area contributed by atoms with Crippen LogP contribution in [0.5, 0.6) is 0 Å². The van der Waals surface area contributed by atoms with Gasteiger partial charge >= 0.3 is 0 Å². The van der Waals surface area contributed by atoms with Gasteiger partial charge in [-0.3, -0.25) is 10.2 Å². The summed E-state index contributed by atoms with van der Waals surface area (Å²) in [5.41, 5.74) is 5.15. The second kappa shape index (κ2) is 5.02. The highest BCUT2D eigenvalue weighted by atomic mass is 16.5. The number of rotatable bonds is 3. The molecule has 1 rings (SSSR count). The molecule has 1 heterocycles. The highest BCUT2D eigenvalue weighted by Gasteiger charge is 2.30. The molecule has 0 radical (unpaired) electrons. The molecule has 0 aromatic carbocycles. The van der Waals surface area contributed by atoms with Crippen molar-refractivity contribution in [1.29, 1.82) is 0 Å². The average molecular weight is 201 g/mol. The van der Waals surface area contributed by atoms with Gasteiger partial charge in [0.15, 0.2) is 0 Å². The van der Waals surface area contributed by atoms with Crippen LogP contribution < -0.4 is 10.9 Å². The molecule has 80 valence electrons. The van der Waals surface area contributed by atoms with Crippen LogP contribution in [0.4, 0.5) is 0 Å². The fourth-order valence-electron chi connectivity index (χ4n) is 1.39. The van der Waals surface area contributed by atoms with Gasteiger partial charge in [0.25, 0.3) is 0 Å². The van der Waals surface area contributed by atoms with E-state index in [1.165, 1.54) is 6.92 Å². The van der Waals surface area contributed by atoms with Crippen LogP contribution >= 0.6 is 0 Å². The zero-order valence-corrected chi connectivity index (χ0v) is 8.32.